The first kappa shape index (κ1) is 31.4. The van der Waals surface area contributed by atoms with Crippen LogP contribution < -0.4 is 0 Å². The van der Waals surface area contributed by atoms with E-state index in [4.69, 9.17) is 4.74 Å². The van der Waals surface area contributed by atoms with Crippen LogP contribution in [0, 0.1) is 50.2 Å². The largest absolute Gasteiger partial charge is 0.508 e. The van der Waals surface area contributed by atoms with Gasteiger partial charge in [0, 0.05) is 11.5 Å². The molecule has 5 heteroatoms. The van der Waals surface area contributed by atoms with Gasteiger partial charge in [0.25, 0.3) is 0 Å². The number of carboxylic acids is 1. The fourth-order valence-electron chi connectivity index (χ4n) is 12.0. The second kappa shape index (κ2) is 10.2. The Kier molecular flexibility index (Phi) is 7.30. The van der Waals surface area contributed by atoms with Gasteiger partial charge in [-0.15, -0.1) is 0 Å². The first-order valence-electron chi connectivity index (χ1n) is 17.1. The number of allylic oxidation sites excluding steroid dienone is 2. The van der Waals surface area contributed by atoms with Crippen molar-refractivity contribution in [2.24, 2.45) is 50.2 Å². The van der Waals surface area contributed by atoms with Gasteiger partial charge in [0.05, 0.1) is 5.41 Å². The number of fused-ring (bicyclic) bond motifs is 7. The number of aromatic hydroxyl groups is 1. The number of hydrogen-bond donors (Lipinski definition) is 2. The van der Waals surface area contributed by atoms with Crippen molar-refractivity contribution in [1.82, 2.24) is 0 Å². The van der Waals surface area contributed by atoms with E-state index in [9.17, 15) is 19.8 Å². The van der Waals surface area contributed by atoms with Crippen molar-refractivity contribution in [3.05, 3.63) is 47.6 Å². The van der Waals surface area contributed by atoms with Crippen LogP contribution in [0.2, 0.25) is 0 Å². The molecule has 0 heterocycles. The minimum atomic E-state index is -0.626. The highest BCUT2D eigenvalue weighted by molar-refractivity contribution is 5.87. The van der Waals surface area contributed by atoms with Crippen LogP contribution in [-0.2, 0) is 14.3 Å². The van der Waals surface area contributed by atoms with Crippen molar-refractivity contribution < 1.29 is 24.5 Å². The molecule has 5 nitrogen and oxygen atoms in total. The van der Waals surface area contributed by atoms with Crippen LogP contribution in [0.25, 0.3) is 6.08 Å². The van der Waals surface area contributed by atoms with E-state index in [2.05, 4.69) is 54.5 Å². The summed E-state index contributed by atoms with van der Waals surface area (Å²) in [6.07, 6.45) is 15.3. The molecule has 3 unspecified atom stereocenters. The predicted octanol–water partition coefficient (Wildman–Crippen LogP) is 9.20. The first-order valence-corrected chi connectivity index (χ1v) is 17.1. The third kappa shape index (κ3) is 4.61. The highest BCUT2D eigenvalue weighted by atomic mass is 16.5. The SMILES string of the molecule is CC1(C)CC[C@]2(C(=O)O)CC=C3[C@]4(C)CCC5C(C)(C)[C@@H](OC(=O)/C=C/c6ccc(O)cc6)CC[C@]5(C)C4CC[C@@]3(C)C2C1. The third-order valence-electron chi connectivity index (χ3n) is 14.3. The van der Waals surface area contributed by atoms with Gasteiger partial charge in [0.2, 0.25) is 0 Å². The van der Waals surface area contributed by atoms with Crippen LogP contribution in [0.5, 0.6) is 5.75 Å². The monoisotopic (exact) mass is 602 g/mol. The van der Waals surface area contributed by atoms with Crippen molar-refractivity contribution in [2.45, 2.75) is 119 Å². The third-order valence-corrected chi connectivity index (χ3v) is 14.3. The van der Waals surface area contributed by atoms with E-state index in [0.29, 0.717) is 18.3 Å². The van der Waals surface area contributed by atoms with E-state index in [1.165, 1.54) is 6.08 Å². The molecule has 1 aromatic carbocycles. The molecule has 4 fully saturated rings. The second-order valence-corrected chi connectivity index (χ2v) is 17.4. The molecular formula is C39H54O5. The molecule has 4 saturated carbocycles. The van der Waals surface area contributed by atoms with Crippen molar-refractivity contribution in [1.29, 1.82) is 0 Å². The van der Waals surface area contributed by atoms with Crippen molar-refractivity contribution in [3.63, 3.8) is 0 Å². The van der Waals surface area contributed by atoms with Gasteiger partial charge in [-0.25, -0.2) is 4.79 Å². The Morgan fingerprint density at radius 3 is 2.11 bits per heavy atom. The van der Waals surface area contributed by atoms with Crippen molar-refractivity contribution in [2.75, 3.05) is 0 Å². The molecular weight excluding hydrogens is 548 g/mol. The number of carboxylic acid groups (broad SMARTS) is 1. The minimum Gasteiger partial charge on any atom is -0.508 e. The Morgan fingerprint density at radius 1 is 0.818 bits per heavy atom. The van der Waals surface area contributed by atoms with Gasteiger partial charge >= 0.3 is 11.9 Å². The predicted molar refractivity (Wildman–Crippen MR) is 174 cm³/mol. The maximum Gasteiger partial charge on any atom is 0.331 e. The molecule has 0 aromatic heterocycles. The maximum atomic E-state index is 13.0. The molecule has 0 bridgehead atoms. The minimum absolute atomic E-state index is 0.0664. The number of phenolic OH excluding ortho intramolecular Hbond substituents is 1. The average molecular weight is 603 g/mol. The summed E-state index contributed by atoms with van der Waals surface area (Å²) in [5.41, 5.74) is 1.95. The number of phenols is 1. The van der Waals surface area contributed by atoms with Crippen LogP contribution in [0.1, 0.15) is 118 Å². The smallest absolute Gasteiger partial charge is 0.331 e. The Balaban J connectivity index is 1.25. The average Bonchev–Trinajstić information content (AvgIpc) is 2.94. The molecule has 2 N–H and O–H groups in total. The molecule has 5 aliphatic carbocycles. The molecule has 5 aliphatic rings. The number of ether oxygens (including phenoxy) is 1. The zero-order valence-electron chi connectivity index (χ0n) is 28.0. The fourth-order valence-corrected chi connectivity index (χ4v) is 12.0. The maximum absolute atomic E-state index is 13.0. The van der Waals surface area contributed by atoms with Crippen LogP contribution in [0.4, 0.5) is 0 Å². The van der Waals surface area contributed by atoms with Gasteiger partial charge in [0.1, 0.15) is 11.9 Å². The molecule has 44 heavy (non-hydrogen) atoms. The summed E-state index contributed by atoms with van der Waals surface area (Å²) in [7, 11) is 0. The van der Waals surface area contributed by atoms with Crippen molar-refractivity contribution in [3.8, 4) is 5.75 Å². The van der Waals surface area contributed by atoms with E-state index < -0.39 is 11.4 Å². The lowest BCUT2D eigenvalue weighted by atomic mass is 9.34. The quantitative estimate of drug-likeness (QED) is 0.204. The van der Waals surface area contributed by atoms with Crippen LogP contribution in [0.3, 0.4) is 0 Å². The van der Waals surface area contributed by atoms with Gasteiger partial charge in [-0.05, 0) is 127 Å². The summed E-state index contributed by atoms with van der Waals surface area (Å²) < 4.78 is 6.18. The second-order valence-electron chi connectivity index (χ2n) is 17.4. The van der Waals surface area contributed by atoms with Crippen LogP contribution in [-0.4, -0.2) is 28.3 Å². The summed E-state index contributed by atoms with van der Waals surface area (Å²) in [5, 5.41) is 20.2. The van der Waals surface area contributed by atoms with E-state index >= 15 is 0 Å². The molecule has 0 radical (unpaired) electrons. The van der Waals surface area contributed by atoms with Gasteiger partial charge in [-0.2, -0.15) is 0 Å². The molecule has 6 rings (SSSR count). The Hall–Kier alpha value is -2.56. The lowest BCUT2D eigenvalue weighted by Gasteiger charge is -2.70. The molecule has 0 amide bonds. The number of esters is 1. The lowest BCUT2D eigenvalue weighted by Crippen LogP contribution is -2.64. The summed E-state index contributed by atoms with van der Waals surface area (Å²) >= 11 is 0. The molecule has 0 saturated heterocycles. The Morgan fingerprint density at radius 2 is 1.45 bits per heavy atom. The van der Waals surface area contributed by atoms with Gasteiger partial charge in [-0.3, -0.25) is 4.79 Å². The highest BCUT2D eigenvalue weighted by Gasteiger charge is 2.68. The zero-order valence-corrected chi connectivity index (χ0v) is 28.0. The summed E-state index contributed by atoms with van der Waals surface area (Å²) in [4.78, 5) is 25.9. The number of benzene rings is 1. The van der Waals surface area contributed by atoms with Gasteiger partial charge in [-0.1, -0.05) is 72.2 Å². The standard InChI is InChI=1S/C39H54O5/c1-34(2)22-23-39(33(42)43)21-16-29-37(6)18-14-27-35(3,4)31(44-32(41)13-10-25-8-11-26(40)12-9-25)17-20-36(27,5)28(37)15-19-38(29,7)30(39)24-34/h8-13,16,27-28,30-31,40H,14-15,17-24H2,1-7H3,(H,42,43)/b13-10+/t27?,28?,30?,31-,36-,37+,38+,39+/m0/s1. The van der Waals surface area contributed by atoms with Gasteiger partial charge in [0.15, 0.2) is 0 Å². The molecule has 8 atom stereocenters. The van der Waals surface area contributed by atoms with E-state index in [1.807, 2.05) is 0 Å². The number of aliphatic carboxylic acids is 1. The van der Waals surface area contributed by atoms with Crippen LogP contribution >= 0.6 is 0 Å². The summed E-state index contributed by atoms with van der Waals surface area (Å²) in [5.74, 6) is 0.478. The summed E-state index contributed by atoms with van der Waals surface area (Å²) in [6, 6.07) is 6.79. The topological polar surface area (TPSA) is 83.8 Å². The Bertz CT molecular complexity index is 1390. The van der Waals surface area contributed by atoms with Crippen molar-refractivity contribution >= 4 is 18.0 Å². The normalized spacial score (nSPS) is 42.2. The molecule has 1 aromatic rings. The number of rotatable bonds is 4. The molecule has 240 valence electrons. The molecule has 0 aliphatic heterocycles. The van der Waals surface area contributed by atoms with Crippen LogP contribution in [0.15, 0.2) is 42.0 Å². The Labute approximate surface area is 264 Å². The number of carbonyl (C=O) groups is 2. The lowest BCUT2D eigenvalue weighted by molar-refractivity contribution is -0.199. The van der Waals surface area contributed by atoms with E-state index in [0.717, 1.165) is 63.4 Å². The van der Waals surface area contributed by atoms with E-state index in [-0.39, 0.29) is 50.8 Å². The fraction of sp³-hybridized carbons (Fsp3) is 0.692. The zero-order chi connectivity index (χ0) is 31.9. The first-order chi connectivity index (χ1) is 20.5. The number of carbonyl (C=O) groups excluding carboxylic acids is 1. The van der Waals surface area contributed by atoms with E-state index in [1.54, 1.807) is 35.9 Å². The summed E-state index contributed by atoms with van der Waals surface area (Å²) in [6.45, 7) is 16.8. The number of hydrogen-bond acceptors (Lipinski definition) is 4. The van der Waals surface area contributed by atoms with Gasteiger partial charge < -0.3 is 14.9 Å². The highest BCUT2D eigenvalue weighted by Crippen LogP contribution is 2.75. The molecule has 0 spiro atoms.